The molecule has 1 aromatic carbocycles. The summed E-state index contributed by atoms with van der Waals surface area (Å²) in [6.45, 7) is 5.48. The Bertz CT molecular complexity index is 369. The van der Waals surface area contributed by atoms with E-state index in [0.29, 0.717) is 11.8 Å². The van der Waals surface area contributed by atoms with Crippen LogP contribution in [0.1, 0.15) is 22.8 Å². The van der Waals surface area contributed by atoms with Crippen LogP contribution in [0.25, 0.3) is 5.57 Å². The quantitative estimate of drug-likeness (QED) is 0.808. The number of carbonyl (C=O) groups is 1. The molecule has 0 heterocycles. The average Bonchev–Trinajstić information content (AvgIpc) is 2.08. The van der Waals surface area contributed by atoms with Crippen molar-refractivity contribution in [2.45, 2.75) is 6.92 Å². The highest BCUT2D eigenvalue weighted by Crippen LogP contribution is 2.30. The Balaban J connectivity index is 3.44. The third-order valence-electron chi connectivity index (χ3n) is 1.69. The standard InChI is InChI=1S/C10H9BrO2/c1-6(2)9-4-8(11)3-7(5-12)10(9)13/h3-5,13H,1H2,2H3. The van der Waals surface area contributed by atoms with E-state index in [1.165, 1.54) is 0 Å². The number of halogens is 1. The van der Waals surface area contributed by atoms with Gasteiger partial charge >= 0.3 is 0 Å². The summed E-state index contributed by atoms with van der Waals surface area (Å²) in [5.74, 6) is -0.00861. The van der Waals surface area contributed by atoms with E-state index < -0.39 is 0 Å². The van der Waals surface area contributed by atoms with Crippen LogP contribution in [-0.2, 0) is 0 Å². The zero-order valence-corrected chi connectivity index (χ0v) is 8.76. The number of carbonyl (C=O) groups excluding carboxylic acids is 1. The second kappa shape index (κ2) is 3.75. The number of benzene rings is 1. The van der Waals surface area contributed by atoms with Crippen LogP contribution < -0.4 is 0 Å². The van der Waals surface area contributed by atoms with Gasteiger partial charge in [0.05, 0.1) is 5.56 Å². The second-order valence-corrected chi connectivity index (χ2v) is 3.71. The van der Waals surface area contributed by atoms with Crippen molar-refractivity contribution in [3.63, 3.8) is 0 Å². The maximum absolute atomic E-state index is 10.5. The number of hydrogen-bond acceptors (Lipinski definition) is 2. The molecular formula is C10H9BrO2. The molecule has 0 saturated carbocycles. The Labute approximate surface area is 85.0 Å². The number of phenols is 1. The lowest BCUT2D eigenvalue weighted by molar-refractivity contribution is 0.112. The largest absolute Gasteiger partial charge is 0.507 e. The first kappa shape index (κ1) is 9.99. The highest BCUT2D eigenvalue weighted by atomic mass is 79.9. The summed E-state index contributed by atoms with van der Waals surface area (Å²) in [5.41, 5.74) is 1.59. The van der Waals surface area contributed by atoms with E-state index in [2.05, 4.69) is 22.5 Å². The minimum atomic E-state index is -0.00861. The summed E-state index contributed by atoms with van der Waals surface area (Å²) in [5, 5.41) is 9.57. The molecule has 0 aliphatic heterocycles. The van der Waals surface area contributed by atoms with E-state index in [1.807, 2.05) is 0 Å². The Hall–Kier alpha value is -1.09. The third kappa shape index (κ3) is 1.98. The lowest BCUT2D eigenvalue weighted by atomic mass is 10.0. The molecule has 1 rings (SSSR count). The highest BCUT2D eigenvalue weighted by molar-refractivity contribution is 9.10. The second-order valence-electron chi connectivity index (χ2n) is 2.79. The molecule has 0 atom stereocenters. The monoisotopic (exact) mass is 240 g/mol. The van der Waals surface area contributed by atoms with E-state index in [9.17, 15) is 9.90 Å². The van der Waals surface area contributed by atoms with E-state index >= 15 is 0 Å². The van der Waals surface area contributed by atoms with Gasteiger partial charge in [0.25, 0.3) is 0 Å². The highest BCUT2D eigenvalue weighted by Gasteiger charge is 2.08. The Morgan fingerprint density at radius 3 is 2.69 bits per heavy atom. The summed E-state index contributed by atoms with van der Waals surface area (Å²) in [6, 6.07) is 3.29. The molecule has 0 spiro atoms. The van der Waals surface area contributed by atoms with Crippen molar-refractivity contribution in [1.82, 2.24) is 0 Å². The molecule has 13 heavy (non-hydrogen) atoms. The van der Waals surface area contributed by atoms with Gasteiger partial charge in [0.15, 0.2) is 6.29 Å². The molecule has 68 valence electrons. The summed E-state index contributed by atoms with van der Waals surface area (Å²) in [4.78, 5) is 10.5. The van der Waals surface area contributed by atoms with Crippen LogP contribution in [0.15, 0.2) is 23.2 Å². The minimum Gasteiger partial charge on any atom is -0.507 e. The third-order valence-corrected chi connectivity index (χ3v) is 2.15. The maximum Gasteiger partial charge on any atom is 0.153 e. The van der Waals surface area contributed by atoms with Crippen LogP contribution in [-0.4, -0.2) is 11.4 Å². The average molecular weight is 241 g/mol. The van der Waals surface area contributed by atoms with Gasteiger partial charge in [0, 0.05) is 10.0 Å². The number of aromatic hydroxyl groups is 1. The fraction of sp³-hybridized carbons (Fsp3) is 0.100. The molecule has 1 aromatic rings. The van der Waals surface area contributed by atoms with Gasteiger partial charge in [-0.2, -0.15) is 0 Å². The molecule has 0 amide bonds. The predicted molar refractivity (Wildman–Crippen MR) is 55.9 cm³/mol. The molecule has 3 heteroatoms. The SMILES string of the molecule is C=C(C)c1cc(Br)cc(C=O)c1O. The van der Waals surface area contributed by atoms with Crippen LogP contribution in [0.2, 0.25) is 0 Å². The molecule has 1 N–H and O–H groups in total. The first-order valence-electron chi connectivity index (χ1n) is 3.70. The van der Waals surface area contributed by atoms with E-state index in [4.69, 9.17) is 0 Å². The number of hydrogen-bond donors (Lipinski definition) is 1. The topological polar surface area (TPSA) is 37.3 Å². The lowest BCUT2D eigenvalue weighted by Gasteiger charge is -2.06. The first-order chi connectivity index (χ1) is 6.06. The summed E-state index contributed by atoms with van der Waals surface area (Å²) >= 11 is 3.25. The van der Waals surface area contributed by atoms with Crippen molar-refractivity contribution in [1.29, 1.82) is 0 Å². The Kier molecular flexibility index (Phi) is 2.88. The molecule has 0 radical (unpaired) electrons. The minimum absolute atomic E-state index is 0.00861. The molecular weight excluding hydrogens is 232 g/mol. The first-order valence-corrected chi connectivity index (χ1v) is 4.49. The molecule has 0 aliphatic carbocycles. The molecule has 2 nitrogen and oxygen atoms in total. The van der Waals surface area contributed by atoms with Crippen molar-refractivity contribution in [3.05, 3.63) is 34.3 Å². The van der Waals surface area contributed by atoms with E-state index in [0.717, 1.165) is 10.0 Å². The fourth-order valence-corrected chi connectivity index (χ4v) is 1.51. The van der Waals surface area contributed by atoms with Gasteiger partial charge < -0.3 is 5.11 Å². The number of allylic oxidation sites excluding steroid dienone is 1. The van der Waals surface area contributed by atoms with Crippen molar-refractivity contribution >= 4 is 27.8 Å². The van der Waals surface area contributed by atoms with Gasteiger partial charge in [-0.1, -0.05) is 22.5 Å². The van der Waals surface area contributed by atoms with Gasteiger partial charge in [0.2, 0.25) is 0 Å². The molecule has 0 fully saturated rings. The van der Waals surface area contributed by atoms with Gasteiger partial charge in [-0.15, -0.1) is 0 Å². The Morgan fingerprint density at radius 1 is 1.62 bits per heavy atom. The van der Waals surface area contributed by atoms with Crippen molar-refractivity contribution < 1.29 is 9.90 Å². The zero-order chi connectivity index (χ0) is 10.0. The van der Waals surface area contributed by atoms with Crippen molar-refractivity contribution in [3.8, 4) is 5.75 Å². The summed E-state index contributed by atoms with van der Waals surface area (Å²) in [6.07, 6.45) is 0.618. The normalized spacial score (nSPS) is 9.69. The Morgan fingerprint density at radius 2 is 2.23 bits per heavy atom. The number of aldehydes is 1. The molecule has 0 bridgehead atoms. The van der Waals surface area contributed by atoms with Crippen LogP contribution in [0, 0.1) is 0 Å². The zero-order valence-electron chi connectivity index (χ0n) is 7.17. The molecule has 0 aromatic heterocycles. The smallest absolute Gasteiger partial charge is 0.153 e. The maximum atomic E-state index is 10.5. The molecule has 0 aliphatic rings. The summed E-state index contributed by atoms with van der Waals surface area (Å²) < 4.78 is 0.755. The van der Waals surface area contributed by atoms with Crippen molar-refractivity contribution in [2.24, 2.45) is 0 Å². The summed E-state index contributed by atoms with van der Waals surface area (Å²) in [7, 11) is 0. The van der Waals surface area contributed by atoms with E-state index in [-0.39, 0.29) is 11.3 Å². The van der Waals surface area contributed by atoms with Gasteiger partial charge in [0.1, 0.15) is 5.75 Å². The van der Waals surface area contributed by atoms with Gasteiger partial charge in [-0.25, -0.2) is 0 Å². The predicted octanol–water partition coefficient (Wildman–Crippen LogP) is 3.00. The van der Waals surface area contributed by atoms with Crippen LogP contribution in [0.4, 0.5) is 0 Å². The van der Waals surface area contributed by atoms with Gasteiger partial charge in [-0.3, -0.25) is 4.79 Å². The van der Waals surface area contributed by atoms with Crippen LogP contribution in [0.5, 0.6) is 5.75 Å². The van der Waals surface area contributed by atoms with Gasteiger partial charge in [-0.05, 0) is 24.6 Å². The number of phenolic OH excluding ortho intramolecular Hbond substituents is 1. The van der Waals surface area contributed by atoms with E-state index in [1.54, 1.807) is 19.1 Å². The lowest BCUT2D eigenvalue weighted by Crippen LogP contribution is -1.87. The molecule has 0 saturated heterocycles. The number of rotatable bonds is 2. The van der Waals surface area contributed by atoms with Crippen molar-refractivity contribution in [2.75, 3.05) is 0 Å². The van der Waals surface area contributed by atoms with Crippen LogP contribution in [0.3, 0.4) is 0 Å². The fourth-order valence-electron chi connectivity index (χ4n) is 1.04. The van der Waals surface area contributed by atoms with Crippen LogP contribution >= 0.6 is 15.9 Å². The molecule has 0 unspecified atom stereocenters.